The second-order valence-electron chi connectivity index (χ2n) is 7.78. The minimum Gasteiger partial charge on any atom is -0.298 e. The number of carbonyl (C=O) groups excluding carboxylic acids is 2. The summed E-state index contributed by atoms with van der Waals surface area (Å²) in [6.45, 7) is 7.35. The van der Waals surface area contributed by atoms with Crippen LogP contribution in [0.2, 0.25) is 0 Å². The molecule has 1 atom stereocenters. The molecular formula is C23H24FN3O2. The molecule has 1 saturated heterocycles. The van der Waals surface area contributed by atoms with E-state index in [0.717, 1.165) is 13.1 Å². The number of ketones is 2. The number of aliphatic imine (C=N–C) groups is 1. The van der Waals surface area contributed by atoms with Gasteiger partial charge in [0.2, 0.25) is 5.78 Å². The fraction of sp³-hybridized carbons (Fsp3) is 0.348. The highest BCUT2D eigenvalue weighted by molar-refractivity contribution is 6.55. The van der Waals surface area contributed by atoms with E-state index < -0.39 is 6.04 Å². The Morgan fingerprint density at radius 1 is 0.931 bits per heavy atom. The lowest BCUT2D eigenvalue weighted by atomic mass is 9.83. The summed E-state index contributed by atoms with van der Waals surface area (Å²) < 4.78 is 13.3. The molecule has 0 saturated carbocycles. The van der Waals surface area contributed by atoms with E-state index in [2.05, 4.69) is 28.6 Å². The zero-order valence-corrected chi connectivity index (χ0v) is 16.6. The van der Waals surface area contributed by atoms with Gasteiger partial charge in [0.15, 0.2) is 5.78 Å². The molecule has 5 nitrogen and oxygen atoms in total. The first-order valence-corrected chi connectivity index (χ1v) is 9.96. The number of piperazine rings is 1. The number of benzene rings is 2. The Morgan fingerprint density at radius 3 is 2.17 bits per heavy atom. The molecule has 0 N–H and O–H groups in total. The van der Waals surface area contributed by atoms with E-state index in [4.69, 9.17) is 0 Å². The van der Waals surface area contributed by atoms with Gasteiger partial charge in [-0.15, -0.1) is 0 Å². The quantitative estimate of drug-likeness (QED) is 0.802. The Hall–Kier alpha value is -2.70. The third kappa shape index (κ3) is 3.78. The molecule has 2 aliphatic rings. The van der Waals surface area contributed by atoms with Gasteiger partial charge in [-0.1, -0.05) is 24.3 Å². The van der Waals surface area contributed by atoms with Crippen molar-refractivity contribution in [2.75, 3.05) is 26.2 Å². The molecule has 2 aromatic rings. The van der Waals surface area contributed by atoms with Crippen molar-refractivity contribution >= 4 is 23.0 Å². The van der Waals surface area contributed by atoms with Gasteiger partial charge in [-0.05, 0) is 38.1 Å². The lowest BCUT2D eigenvalue weighted by Crippen LogP contribution is -2.59. The van der Waals surface area contributed by atoms with Gasteiger partial charge in [0.1, 0.15) is 17.6 Å². The van der Waals surface area contributed by atoms with Crippen molar-refractivity contribution in [3.05, 3.63) is 65.5 Å². The first-order valence-electron chi connectivity index (χ1n) is 9.96. The van der Waals surface area contributed by atoms with Crippen molar-refractivity contribution in [3.8, 4) is 0 Å². The molecule has 6 heteroatoms. The van der Waals surface area contributed by atoms with Gasteiger partial charge in [-0.25, -0.2) is 9.38 Å². The van der Waals surface area contributed by atoms with Crippen molar-refractivity contribution in [2.45, 2.75) is 25.9 Å². The fourth-order valence-corrected chi connectivity index (χ4v) is 4.05. The highest BCUT2D eigenvalue weighted by Crippen LogP contribution is 2.27. The summed E-state index contributed by atoms with van der Waals surface area (Å²) in [5.41, 5.74) is 1.52. The van der Waals surface area contributed by atoms with Crippen LogP contribution in [0.1, 0.15) is 34.6 Å². The standard InChI is InChI=1S/C23H24FN3O2/c1-15(2)26-11-13-27(14-12-26)21-20(25-17-9-7-16(24)8-10-17)22(28)18-5-3-4-6-19(18)23(21)29/h3-10,15,21H,11-14H2,1-2H3. The van der Waals surface area contributed by atoms with Crippen LogP contribution in [-0.2, 0) is 0 Å². The Bertz CT molecular complexity index is 960. The van der Waals surface area contributed by atoms with Crippen LogP contribution in [-0.4, -0.2) is 65.3 Å². The summed E-state index contributed by atoms with van der Waals surface area (Å²) in [5.74, 6) is -0.702. The first-order chi connectivity index (χ1) is 14.0. The molecule has 4 rings (SSSR count). The number of halogens is 1. The highest BCUT2D eigenvalue weighted by Gasteiger charge is 2.42. The average Bonchev–Trinajstić information content (AvgIpc) is 2.73. The van der Waals surface area contributed by atoms with Gasteiger partial charge in [0.25, 0.3) is 0 Å². The number of hydrogen-bond acceptors (Lipinski definition) is 5. The molecule has 0 spiro atoms. The number of hydrogen-bond donors (Lipinski definition) is 0. The number of nitrogens with zero attached hydrogens (tertiary/aromatic N) is 3. The zero-order valence-electron chi connectivity index (χ0n) is 16.6. The molecule has 1 aliphatic heterocycles. The zero-order chi connectivity index (χ0) is 20.5. The molecule has 2 aromatic carbocycles. The van der Waals surface area contributed by atoms with Crippen molar-refractivity contribution in [1.82, 2.24) is 9.80 Å². The highest BCUT2D eigenvalue weighted by atomic mass is 19.1. The molecule has 150 valence electrons. The van der Waals surface area contributed by atoms with Crippen LogP contribution >= 0.6 is 0 Å². The maximum atomic E-state index is 13.4. The number of carbonyl (C=O) groups is 2. The van der Waals surface area contributed by atoms with E-state index in [1.165, 1.54) is 24.3 Å². The summed E-state index contributed by atoms with van der Waals surface area (Å²) in [5, 5.41) is 0. The SMILES string of the molecule is CC(C)N1CCN(C2C(=O)c3ccccc3C(=O)C2=Nc2ccc(F)cc2)CC1. The first kappa shape index (κ1) is 19.6. The lowest BCUT2D eigenvalue weighted by Gasteiger charge is -2.41. The molecule has 1 unspecified atom stereocenters. The smallest absolute Gasteiger partial charge is 0.210 e. The Kier molecular flexibility index (Phi) is 5.39. The van der Waals surface area contributed by atoms with Gasteiger partial charge < -0.3 is 0 Å². The summed E-state index contributed by atoms with van der Waals surface area (Å²) in [6, 6.07) is 12.3. The summed E-state index contributed by atoms with van der Waals surface area (Å²) >= 11 is 0. The lowest BCUT2D eigenvalue weighted by molar-refractivity contribution is 0.0697. The summed E-state index contributed by atoms with van der Waals surface area (Å²) in [6.07, 6.45) is 0. The molecule has 0 bridgehead atoms. The fourth-order valence-electron chi connectivity index (χ4n) is 4.05. The van der Waals surface area contributed by atoms with E-state index in [9.17, 15) is 14.0 Å². The maximum absolute atomic E-state index is 13.4. The molecule has 0 amide bonds. The Balaban J connectivity index is 1.74. The number of rotatable bonds is 3. The summed E-state index contributed by atoms with van der Waals surface area (Å²) in [7, 11) is 0. The number of Topliss-reactive ketones (excluding diaryl/α,β-unsaturated/α-hetero) is 2. The number of fused-ring (bicyclic) bond motifs is 1. The predicted octanol–water partition coefficient (Wildman–Crippen LogP) is 3.37. The van der Waals surface area contributed by atoms with Crippen LogP contribution in [0.15, 0.2) is 53.5 Å². The second kappa shape index (κ2) is 7.97. The van der Waals surface area contributed by atoms with Crippen LogP contribution in [0.3, 0.4) is 0 Å². The Labute approximate surface area is 169 Å². The van der Waals surface area contributed by atoms with Gasteiger partial charge in [-0.2, -0.15) is 0 Å². The van der Waals surface area contributed by atoms with Gasteiger partial charge >= 0.3 is 0 Å². The minimum absolute atomic E-state index is 0.0981. The third-order valence-electron chi connectivity index (χ3n) is 5.70. The van der Waals surface area contributed by atoms with Gasteiger partial charge in [-0.3, -0.25) is 19.4 Å². The average molecular weight is 393 g/mol. The normalized spacial score (nSPS) is 22.3. The monoisotopic (exact) mass is 393 g/mol. The van der Waals surface area contributed by atoms with Crippen LogP contribution in [0.4, 0.5) is 10.1 Å². The summed E-state index contributed by atoms with van der Waals surface area (Å²) in [4.78, 5) is 35.6. The molecule has 1 aliphatic carbocycles. The van der Waals surface area contributed by atoms with E-state index in [1.54, 1.807) is 24.3 Å². The van der Waals surface area contributed by atoms with Gasteiger partial charge in [0.05, 0.1) is 5.69 Å². The molecule has 1 fully saturated rings. The van der Waals surface area contributed by atoms with E-state index in [1.807, 2.05) is 0 Å². The van der Waals surface area contributed by atoms with Crippen molar-refractivity contribution in [2.24, 2.45) is 4.99 Å². The van der Waals surface area contributed by atoms with E-state index >= 15 is 0 Å². The molecule has 0 aromatic heterocycles. The van der Waals surface area contributed by atoms with Crippen LogP contribution < -0.4 is 0 Å². The van der Waals surface area contributed by atoms with Crippen LogP contribution in [0, 0.1) is 5.82 Å². The minimum atomic E-state index is -0.711. The van der Waals surface area contributed by atoms with Crippen molar-refractivity contribution < 1.29 is 14.0 Å². The third-order valence-corrected chi connectivity index (χ3v) is 5.70. The Morgan fingerprint density at radius 2 is 1.55 bits per heavy atom. The van der Waals surface area contributed by atoms with E-state index in [-0.39, 0.29) is 23.1 Å². The topological polar surface area (TPSA) is 53.0 Å². The largest absolute Gasteiger partial charge is 0.298 e. The van der Waals surface area contributed by atoms with Crippen molar-refractivity contribution in [1.29, 1.82) is 0 Å². The van der Waals surface area contributed by atoms with Crippen LogP contribution in [0.25, 0.3) is 0 Å². The second-order valence-corrected chi connectivity index (χ2v) is 7.78. The molecular weight excluding hydrogens is 369 g/mol. The van der Waals surface area contributed by atoms with Crippen molar-refractivity contribution in [3.63, 3.8) is 0 Å². The van der Waals surface area contributed by atoms with Gasteiger partial charge in [0, 0.05) is 43.3 Å². The van der Waals surface area contributed by atoms with E-state index in [0.29, 0.717) is 35.9 Å². The van der Waals surface area contributed by atoms with Crippen LogP contribution in [0.5, 0.6) is 0 Å². The predicted molar refractivity (Wildman–Crippen MR) is 111 cm³/mol. The molecule has 0 radical (unpaired) electrons. The maximum Gasteiger partial charge on any atom is 0.210 e. The molecule has 1 heterocycles. The molecule has 29 heavy (non-hydrogen) atoms.